The number of carbonyl (C=O) groups is 1. The van der Waals surface area contributed by atoms with E-state index in [2.05, 4.69) is 5.32 Å². The SMILES string of the molecule is Cc1cc(C)c(S(=O)(=O)Cl)cc1C(=O)NCC1CC1. The molecule has 1 aromatic carbocycles. The third-order valence-corrected chi connectivity index (χ3v) is 4.74. The number of hydrogen-bond donors (Lipinski definition) is 1. The molecule has 1 N–H and O–H groups in total. The lowest BCUT2D eigenvalue weighted by Crippen LogP contribution is -2.26. The topological polar surface area (TPSA) is 63.2 Å². The Kier molecular flexibility index (Phi) is 3.87. The van der Waals surface area contributed by atoms with Crippen molar-refractivity contribution in [3.63, 3.8) is 0 Å². The highest BCUT2D eigenvalue weighted by Crippen LogP contribution is 2.28. The number of hydrogen-bond acceptors (Lipinski definition) is 3. The van der Waals surface area contributed by atoms with Gasteiger partial charge in [-0.1, -0.05) is 6.07 Å². The monoisotopic (exact) mass is 301 g/mol. The van der Waals surface area contributed by atoms with E-state index in [0.29, 0.717) is 23.6 Å². The van der Waals surface area contributed by atoms with Crippen LogP contribution in [0.25, 0.3) is 0 Å². The highest BCUT2D eigenvalue weighted by atomic mass is 35.7. The van der Waals surface area contributed by atoms with Crippen LogP contribution in [-0.2, 0) is 9.05 Å². The van der Waals surface area contributed by atoms with Crippen molar-refractivity contribution in [2.75, 3.05) is 6.54 Å². The number of nitrogens with one attached hydrogen (secondary N) is 1. The maximum absolute atomic E-state index is 12.0. The standard InChI is InChI=1S/C13H16ClNO3S/c1-8-5-9(2)12(19(14,17)18)6-11(8)13(16)15-7-10-3-4-10/h5-6,10H,3-4,7H2,1-2H3,(H,15,16). The van der Waals surface area contributed by atoms with Gasteiger partial charge in [-0.3, -0.25) is 4.79 Å². The summed E-state index contributed by atoms with van der Waals surface area (Å²) in [5, 5.41) is 2.82. The van der Waals surface area contributed by atoms with Crippen LogP contribution in [0.4, 0.5) is 0 Å². The molecule has 0 aromatic heterocycles. The van der Waals surface area contributed by atoms with Gasteiger partial charge in [0.05, 0.1) is 4.90 Å². The Morgan fingerprint density at radius 2 is 1.95 bits per heavy atom. The van der Waals surface area contributed by atoms with Crippen molar-refractivity contribution >= 4 is 25.6 Å². The van der Waals surface area contributed by atoms with Crippen molar-refractivity contribution in [1.29, 1.82) is 0 Å². The first-order valence-electron chi connectivity index (χ1n) is 6.13. The third kappa shape index (κ3) is 3.48. The van der Waals surface area contributed by atoms with E-state index in [1.54, 1.807) is 19.9 Å². The maximum Gasteiger partial charge on any atom is 0.261 e. The number of benzene rings is 1. The predicted octanol–water partition coefficient (Wildman–Crippen LogP) is 2.37. The molecule has 19 heavy (non-hydrogen) atoms. The smallest absolute Gasteiger partial charge is 0.261 e. The van der Waals surface area contributed by atoms with Crippen molar-refractivity contribution in [3.8, 4) is 0 Å². The summed E-state index contributed by atoms with van der Waals surface area (Å²) in [7, 11) is 1.54. The van der Waals surface area contributed by atoms with Crippen molar-refractivity contribution < 1.29 is 13.2 Å². The minimum absolute atomic E-state index is 0.00339. The molecule has 1 amide bonds. The van der Waals surface area contributed by atoms with Gasteiger partial charge in [-0.05, 0) is 49.8 Å². The van der Waals surface area contributed by atoms with Gasteiger partial charge < -0.3 is 5.32 Å². The fourth-order valence-corrected chi connectivity index (χ4v) is 3.19. The summed E-state index contributed by atoms with van der Waals surface area (Å²) < 4.78 is 22.9. The first-order valence-corrected chi connectivity index (χ1v) is 8.44. The molecule has 0 radical (unpaired) electrons. The van der Waals surface area contributed by atoms with E-state index in [4.69, 9.17) is 10.7 Å². The molecular weight excluding hydrogens is 286 g/mol. The van der Waals surface area contributed by atoms with E-state index in [1.807, 2.05) is 0 Å². The Morgan fingerprint density at radius 1 is 1.32 bits per heavy atom. The van der Waals surface area contributed by atoms with E-state index in [1.165, 1.54) is 6.07 Å². The van der Waals surface area contributed by atoms with Gasteiger partial charge in [0.25, 0.3) is 15.0 Å². The third-order valence-electron chi connectivity index (χ3n) is 3.28. The lowest BCUT2D eigenvalue weighted by molar-refractivity contribution is 0.0951. The van der Waals surface area contributed by atoms with Gasteiger partial charge in [0.2, 0.25) is 0 Å². The normalized spacial score (nSPS) is 15.3. The summed E-state index contributed by atoms with van der Waals surface area (Å²) in [6, 6.07) is 3.02. The molecule has 0 heterocycles. The largest absolute Gasteiger partial charge is 0.352 e. The molecular formula is C13H16ClNO3S. The number of halogens is 1. The summed E-state index contributed by atoms with van der Waals surface area (Å²) >= 11 is 0. The number of amides is 1. The molecule has 1 saturated carbocycles. The molecule has 1 aromatic rings. The second-order valence-electron chi connectivity index (χ2n) is 5.02. The zero-order valence-corrected chi connectivity index (χ0v) is 12.4. The van der Waals surface area contributed by atoms with E-state index in [-0.39, 0.29) is 10.8 Å². The minimum Gasteiger partial charge on any atom is -0.352 e. The van der Waals surface area contributed by atoms with E-state index < -0.39 is 9.05 Å². The van der Waals surface area contributed by atoms with Gasteiger partial charge in [-0.2, -0.15) is 0 Å². The van der Waals surface area contributed by atoms with Crippen LogP contribution in [0.3, 0.4) is 0 Å². The Labute approximate surface area is 117 Å². The Morgan fingerprint density at radius 3 is 2.47 bits per heavy atom. The minimum atomic E-state index is -3.83. The number of rotatable bonds is 4. The molecule has 0 saturated heterocycles. The van der Waals surface area contributed by atoms with Crippen LogP contribution in [0.5, 0.6) is 0 Å². The lowest BCUT2D eigenvalue weighted by atomic mass is 10.0. The molecule has 0 atom stereocenters. The van der Waals surface area contributed by atoms with E-state index in [9.17, 15) is 13.2 Å². The molecule has 0 unspecified atom stereocenters. The molecule has 0 spiro atoms. The Balaban J connectivity index is 2.30. The van der Waals surface area contributed by atoms with Crippen molar-refractivity contribution in [2.24, 2.45) is 5.92 Å². The average Bonchev–Trinajstić information content (AvgIpc) is 3.07. The second-order valence-corrected chi connectivity index (χ2v) is 7.56. The molecule has 104 valence electrons. The molecule has 1 fully saturated rings. The first kappa shape index (κ1) is 14.3. The summed E-state index contributed by atoms with van der Waals surface area (Å²) in [6.07, 6.45) is 2.29. The average molecular weight is 302 g/mol. The van der Waals surface area contributed by atoms with Crippen molar-refractivity contribution in [3.05, 3.63) is 28.8 Å². The zero-order chi connectivity index (χ0) is 14.2. The molecule has 4 nitrogen and oxygen atoms in total. The van der Waals surface area contributed by atoms with E-state index >= 15 is 0 Å². The van der Waals surface area contributed by atoms with Crippen LogP contribution in [0.15, 0.2) is 17.0 Å². The fraction of sp³-hybridized carbons (Fsp3) is 0.462. The van der Waals surface area contributed by atoms with Gasteiger partial charge in [0.1, 0.15) is 0 Å². The maximum atomic E-state index is 12.0. The highest BCUT2D eigenvalue weighted by molar-refractivity contribution is 8.13. The summed E-state index contributed by atoms with van der Waals surface area (Å²) in [5.41, 5.74) is 1.66. The quantitative estimate of drug-likeness (QED) is 0.868. The molecule has 6 heteroatoms. The zero-order valence-electron chi connectivity index (χ0n) is 10.9. The molecule has 0 bridgehead atoms. The van der Waals surface area contributed by atoms with Gasteiger partial charge in [-0.25, -0.2) is 8.42 Å². The van der Waals surface area contributed by atoms with Crippen LogP contribution >= 0.6 is 10.7 Å². The van der Waals surface area contributed by atoms with Crippen molar-refractivity contribution in [1.82, 2.24) is 5.32 Å². The molecule has 0 aliphatic heterocycles. The van der Waals surface area contributed by atoms with Gasteiger partial charge in [0.15, 0.2) is 0 Å². The lowest BCUT2D eigenvalue weighted by Gasteiger charge is -2.10. The van der Waals surface area contributed by atoms with Gasteiger partial charge in [0, 0.05) is 22.8 Å². The fourth-order valence-electron chi connectivity index (χ4n) is 1.99. The van der Waals surface area contributed by atoms with Crippen molar-refractivity contribution in [2.45, 2.75) is 31.6 Å². The highest BCUT2D eigenvalue weighted by Gasteiger charge is 2.23. The second kappa shape index (κ2) is 5.13. The first-order chi connectivity index (χ1) is 8.79. The number of aryl methyl sites for hydroxylation is 2. The summed E-state index contributed by atoms with van der Waals surface area (Å²) in [4.78, 5) is 12.0. The Bertz CT molecular complexity index is 621. The molecule has 1 aliphatic carbocycles. The Hall–Kier alpha value is -1.07. The van der Waals surface area contributed by atoms with Gasteiger partial charge >= 0.3 is 0 Å². The van der Waals surface area contributed by atoms with E-state index in [0.717, 1.165) is 18.4 Å². The number of carbonyl (C=O) groups excluding carboxylic acids is 1. The molecule has 1 aliphatic rings. The molecule has 2 rings (SSSR count). The van der Waals surface area contributed by atoms with Crippen LogP contribution in [0.2, 0.25) is 0 Å². The van der Waals surface area contributed by atoms with Crippen LogP contribution in [-0.4, -0.2) is 20.9 Å². The summed E-state index contributed by atoms with van der Waals surface area (Å²) in [5.74, 6) is 0.330. The van der Waals surface area contributed by atoms with Gasteiger partial charge in [-0.15, -0.1) is 0 Å². The van der Waals surface area contributed by atoms with Crippen LogP contribution in [0.1, 0.15) is 34.3 Å². The predicted molar refractivity (Wildman–Crippen MR) is 74.0 cm³/mol. The van der Waals surface area contributed by atoms with Crippen LogP contribution in [0, 0.1) is 19.8 Å². The van der Waals surface area contributed by atoms with Crippen LogP contribution < -0.4 is 5.32 Å². The summed E-state index contributed by atoms with van der Waals surface area (Å²) in [6.45, 7) is 4.09.